The molecule has 1 aromatic carbocycles. The third kappa shape index (κ3) is 7.01. The maximum Gasteiger partial charge on any atom is 0.236 e. The lowest BCUT2D eigenvalue weighted by molar-refractivity contribution is -0.113. The van der Waals surface area contributed by atoms with Crippen LogP contribution in [0.2, 0.25) is 0 Å². The molecule has 0 aliphatic heterocycles. The minimum Gasteiger partial charge on any atom is -0.483 e. The van der Waals surface area contributed by atoms with Gasteiger partial charge >= 0.3 is 0 Å². The van der Waals surface area contributed by atoms with Crippen LogP contribution < -0.4 is 10.1 Å². The second-order valence-electron chi connectivity index (χ2n) is 8.52. The number of nitrogens with zero attached hydrogens (tertiary/aromatic N) is 5. The Morgan fingerprint density at radius 3 is 2.42 bits per heavy atom. The number of carbonyl (C=O) groups is 1. The van der Waals surface area contributed by atoms with Gasteiger partial charge in [0.15, 0.2) is 17.1 Å². The standard InChI is InChI=1S/C23H32N6O2S2/c1-7-20-25-27-22(33-20)24-19(30)13-32-23-28-26-21(29(23)12-14(2)3)16(6)31-18-10-8-17(9-11-18)15(4)5/h8-11,14-16H,7,12-13H2,1-6H3,(H,24,27,30). The highest BCUT2D eigenvalue weighted by atomic mass is 32.2. The highest BCUT2D eigenvalue weighted by molar-refractivity contribution is 7.99. The number of aromatic nitrogens is 5. The second-order valence-corrected chi connectivity index (χ2v) is 10.5. The SMILES string of the molecule is CCc1nnc(NC(=O)CSc2nnc(C(C)Oc3ccc(C(C)C)cc3)n2CC(C)C)s1. The zero-order chi connectivity index (χ0) is 24.0. The Bertz CT molecular complexity index is 1050. The number of benzene rings is 1. The van der Waals surface area contributed by atoms with E-state index in [1.807, 2.05) is 26.0 Å². The van der Waals surface area contributed by atoms with E-state index in [2.05, 4.69) is 70.1 Å². The van der Waals surface area contributed by atoms with Gasteiger partial charge in [-0.05, 0) is 42.9 Å². The van der Waals surface area contributed by atoms with Crippen molar-refractivity contribution in [1.82, 2.24) is 25.0 Å². The molecule has 3 aromatic rings. The molecule has 0 saturated carbocycles. The Kier molecular flexibility index (Phi) is 8.85. The normalized spacial score (nSPS) is 12.4. The van der Waals surface area contributed by atoms with Crippen molar-refractivity contribution in [2.75, 3.05) is 11.1 Å². The maximum atomic E-state index is 12.4. The molecule has 33 heavy (non-hydrogen) atoms. The van der Waals surface area contributed by atoms with Crippen LogP contribution in [0.25, 0.3) is 0 Å². The number of thioether (sulfide) groups is 1. The average molecular weight is 489 g/mol. The molecule has 0 aliphatic carbocycles. The summed E-state index contributed by atoms with van der Waals surface area (Å²) < 4.78 is 8.21. The van der Waals surface area contributed by atoms with Crippen molar-refractivity contribution >= 4 is 34.1 Å². The van der Waals surface area contributed by atoms with E-state index in [1.165, 1.54) is 28.7 Å². The van der Waals surface area contributed by atoms with Gasteiger partial charge < -0.3 is 9.30 Å². The van der Waals surface area contributed by atoms with E-state index in [0.717, 1.165) is 29.5 Å². The van der Waals surface area contributed by atoms with Gasteiger partial charge in [-0.2, -0.15) is 0 Å². The quantitative estimate of drug-likeness (QED) is 0.364. The molecule has 1 amide bonds. The maximum absolute atomic E-state index is 12.4. The highest BCUT2D eigenvalue weighted by Gasteiger charge is 2.21. The summed E-state index contributed by atoms with van der Waals surface area (Å²) in [4.78, 5) is 12.4. The summed E-state index contributed by atoms with van der Waals surface area (Å²) >= 11 is 2.75. The molecular formula is C23H32N6O2S2. The number of nitrogens with one attached hydrogen (secondary N) is 1. The molecule has 0 fully saturated rings. The number of aryl methyl sites for hydroxylation is 1. The van der Waals surface area contributed by atoms with Gasteiger partial charge in [-0.25, -0.2) is 0 Å². The number of ether oxygens (including phenoxy) is 1. The fraction of sp³-hybridized carbons (Fsp3) is 0.522. The van der Waals surface area contributed by atoms with E-state index in [-0.39, 0.29) is 17.8 Å². The largest absolute Gasteiger partial charge is 0.483 e. The van der Waals surface area contributed by atoms with Crippen LogP contribution in [0.15, 0.2) is 29.4 Å². The molecular weight excluding hydrogens is 456 g/mol. The zero-order valence-electron chi connectivity index (χ0n) is 20.0. The monoisotopic (exact) mass is 488 g/mol. The summed E-state index contributed by atoms with van der Waals surface area (Å²) in [5.74, 6) is 2.47. The van der Waals surface area contributed by atoms with Crippen LogP contribution >= 0.6 is 23.1 Å². The van der Waals surface area contributed by atoms with Crippen LogP contribution in [0.5, 0.6) is 5.75 Å². The molecule has 2 heterocycles. The van der Waals surface area contributed by atoms with Crippen molar-refractivity contribution in [2.45, 2.75) is 71.7 Å². The first-order chi connectivity index (χ1) is 15.8. The molecule has 0 bridgehead atoms. The summed E-state index contributed by atoms with van der Waals surface area (Å²) in [5, 5.41) is 21.7. The predicted molar refractivity (Wildman–Crippen MR) is 133 cm³/mol. The predicted octanol–water partition coefficient (Wildman–Crippen LogP) is 5.34. The van der Waals surface area contributed by atoms with E-state index in [9.17, 15) is 4.79 Å². The third-order valence-electron chi connectivity index (χ3n) is 4.86. The van der Waals surface area contributed by atoms with Crippen molar-refractivity contribution in [2.24, 2.45) is 5.92 Å². The Morgan fingerprint density at radius 2 is 1.82 bits per heavy atom. The second kappa shape index (κ2) is 11.6. The molecule has 2 aromatic heterocycles. The van der Waals surface area contributed by atoms with Gasteiger partial charge in [-0.3, -0.25) is 10.1 Å². The zero-order valence-corrected chi connectivity index (χ0v) is 21.7. The van der Waals surface area contributed by atoms with Crippen molar-refractivity contribution in [3.8, 4) is 5.75 Å². The minimum absolute atomic E-state index is 0.144. The van der Waals surface area contributed by atoms with Gasteiger partial charge in [0.25, 0.3) is 0 Å². The van der Waals surface area contributed by atoms with Gasteiger partial charge in [0.2, 0.25) is 11.0 Å². The minimum atomic E-state index is -0.279. The molecule has 8 nitrogen and oxygen atoms in total. The summed E-state index contributed by atoms with van der Waals surface area (Å²) in [6.45, 7) is 13.3. The van der Waals surface area contributed by atoms with Crippen LogP contribution in [-0.2, 0) is 17.8 Å². The summed E-state index contributed by atoms with van der Waals surface area (Å²) in [6, 6.07) is 8.17. The van der Waals surface area contributed by atoms with E-state index >= 15 is 0 Å². The van der Waals surface area contributed by atoms with E-state index in [1.54, 1.807) is 0 Å². The van der Waals surface area contributed by atoms with Gasteiger partial charge in [0.1, 0.15) is 10.8 Å². The molecule has 0 saturated heterocycles. The molecule has 10 heteroatoms. The smallest absolute Gasteiger partial charge is 0.236 e. The lowest BCUT2D eigenvalue weighted by Gasteiger charge is -2.18. The van der Waals surface area contributed by atoms with Crippen LogP contribution in [0.1, 0.15) is 70.0 Å². The van der Waals surface area contributed by atoms with Crippen LogP contribution in [0.4, 0.5) is 5.13 Å². The Morgan fingerprint density at radius 1 is 1.09 bits per heavy atom. The fourth-order valence-corrected chi connectivity index (χ4v) is 4.62. The van der Waals surface area contributed by atoms with Gasteiger partial charge in [-0.1, -0.05) is 69.9 Å². The molecule has 3 rings (SSSR count). The summed E-state index contributed by atoms with van der Waals surface area (Å²) in [6.07, 6.45) is 0.518. The Hall–Kier alpha value is -2.46. The Labute approximate surface area is 203 Å². The van der Waals surface area contributed by atoms with Gasteiger partial charge in [0, 0.05) is 6.54 Å². The third-order valence-corrected chi connectivity index (χ3v) is 6.81. The molecule has 0 aliphatic rings. The van der Waals surface area contributed by atoms with Crippen LogP contribution in [0.3, 0.4) is 0 Å². The first kappa shape index (κ1) is 25.2. The molecule has 1 atom stereocenters. The topological polar surface area (TPSA) is 94.8 Å². The highest BCUT2D eigenvalue weighted by Crippen LogP contribution is 2.27. The number of anilines is 1. The lowest BCUT2D eigenvalue weighted by atomic mass is 10.0. The van der Waals surface area contributed by atoms with E-state index < -0.39 is 0 Å². The van der Waals surface area contributed by atoms with Crippen molar-refractivity contribution in [1.29, 1.82) is 0 Å². The fourth-order valence-electron chi connectivity index (χ4n) is 3.16. The van der Waals surface area contributed by atoms with Crippen molar-refractivity contribution in [3.63, 3.8) is 0 Å². The van der Waals surface area contributed by atoms with Crippen LogP contribution in [0, 0.1) is 5.92 Å². The van der Waals surface area contributed by atoms with Gasteiger partial charge in [-0.15, -0.1) is 20.4 Å². The molecule has 0 spiro atoms. The molecule has 1 N–H and O–H groups in total. The van der Waals surface area contributed by atoms with Crippen molar-refractivity contribution in [3.05, 3.63) is 40.7 Å². The van der Waals surface area contributed by atoms with E-state index in [0.29, 0.717) is 22.1 Å². The number of amides is 1. The lowest BCUT2D eigenvalue weighted by Crippen LogP contribution is -2.17. The number of rotatable bonds is 11. The summed E-state index contributed by atoms with van der Waals surface area (Å²) in [7, 11) is 0. The first-order valence-electron chi connectivity index (χ1n) is 11.2. The Balaban J connectivity index is 1.67. The van der Waals surface area contributed by atoms with Crippen molar-refractivity contribution < 1.29 is 9.53 Å². The van der Waals surface area contributed by atoms with Crippen LogP contribution in [-0.4, -0.2) is 36.6 Å². The first-order valence-corrected chi connectivity index (χ1v) is 13.0. The summed E-state index contributed by atoms with van der Waals surface area (Å²) in [5.41, 5.74) is 1.27. The number of hydrogen-bond donors (Lipinski definition) is 1. The molecule has 0 radical (unpaired) electrons. The molecule has 1 unspecified atom stereocenters. The van der Waals surface area contributed by atoms with Gasteiger partial charge in [0.05, 0.1) is 5.75 Å². The number of carbonyl (C=O) groups excluding carboxylic acids is 1. The molecule has 178 valence electrons. The van der Waals surface area contributed by atoms with E-state index in [4.69, 9.17) is 4.74 Å². The number of hydrogen-bond acceptors (Lipinski definition) is 8. The average Bonchev–Trinajstić information content (AvgIpc) is 3.39.